The van der Waals surface area contributed by atoms with Gasteiger partial charge in [0.1, 0.15) is 6.61 Å². The van der Waals surface area contributed by atoms with E-state index in [-0.39, 0.29) is 36.2 Å². The molecule has 1 N–H and O–H groups in total. The number of unbranched alkanes of at least 4 members (excludes halogenated alkanes) is 29. The fraction of sp³-hybridized carbons (Fsp3) is 0.900. The number of carboxylic acid groups (broad SMARTS) is 1. The smallest absolute Gasteiger partial charge is 0.362 e. The van der Waals surface area contributed by atoms with E-state index in [4.69, 9.17) is 14.2 Å². The quantitative estimate of drug-likeness (QED) is 0.0283. The molecule has 0 saturated carbocycles. The molecular weight excluding hydrogens is 727 g/mol. The monoisotopic (exact) mass is 823 g/mol. The molecule has 2 atom stereocenters. The highest BCUT2D eigenvalue weighted by Gasteiger charge is 2.31. The number of hydrogen-bond acceptors (Lipinski definition) is 6. The van der Waals surface area contributed by atoms with Crippen LogP contribution in [0, 0.1) is 0 Å². The number of quaternary nitrogens is 1. The first kappa shape index (κ1) is 56.1. The van der Waals surface area contributed by atoms with E-state index in [1.807, 2.05) is 21.1 Å². The molecule has 0 rings (SSSR count). The van der Waals surface area contributed by atoms with E-state index in [1.54, 1.807) is 0 Å². The van der Waals surface area contributed by atoms with Gasteiger partial charge in [0.25, 0.3) is 0 Å². The van der Waals surface area contributed by atoms with Crippen LogP contribution in [0.15, 0.2) is 12.2 Å². The van der Waals surface area contributed by atoms with Crippen molar-refractivity contribution in [3.63, 3.8) is 0 Å². The minimum absolute atomic E-state index is 0.0528. The van der Waals surface area contributed by atoms with Gasteiger partial charge < -0.3 is 23.8 Å². The van der Waals surface area contributed by atoms with Crippen LogP contribution < -0.4 is 0 Å². The molecule has 0 aliphatic heterocycles. The molecule has 0 aromatic carbocycles. The molecule has 0 aliphatic carbocycles. The molecule has 0 bridgehead atoms. The first-order valence-corrected chi connectivity index (χ1v) is 24.7. The molecular formula is C50H96NO7+. The van der Waals surface area contributed by atoms with E-state index in [0.717, 1.165) is 51.4 Å². The van der Waals surface area contributed by atoms with Gasteiger partial charge in [-0.2, -0.15) is 0 Å². The number of ether oxygens (including phenoxy) is 3. The van der Waals surface area contributed by atoms with E-state index < -0.39 is 18.1 Å². The fourth-order valence-corrected chi connectivity index (χ4v) is 7.56. The van der Waals surface area contributed by atoms with Crippen LogP contribution in [-0.4, -0.2) is 80.6 Å². The molecule has 0 saturated heterocycles. The summed E-state index contributed by atoms with van der Waals surface area (Å²) >= 11 is 0. The summed E-state index contributed by atoms with van der Waals surface area (Å²) in [5.41, 5.74) is 0. The second-order valence-electron chi connectivity index (χ2n) is 18.1. The number of esters is 2. The molecule has 8 heteroatoms. The minimum atomic E-state index is -0.873. The number of carbonyl (C=O) groups is 3. The summed E-state index contributed by atoms with van der Waals surface area (Å²) in [6, 6.07) is -0.612. The first-order valence-electron chi connectivity index (χ1n) is 24.7. The van der Waals surface area contributed by atoms with Crippen LogP contribution in [0.3, 0.4) is 0 Å². The minimum Gasteiger partial charge on any atom is -0.477 e. The van der Waals surface area contributed by atoms with Gasteiger partial charge in [0.15, 0.2) is 12.1 Å². The van der Waals surface area contributed by atoms with Crippen LogP contribution in [0.25, 0.3) is 0 Å². The van der Waals surface area contributed by atoms with E-state index in [9.17, 15) is 19.5 Å². The standard InChI is InChI=1S/C50H95NO7/c1-6-8-10-12-14-16-18-20-21-22-23-24-25-26-27-29-31-33-35-37-39-41-49(53)58-46(44-56-43-42-47(50(54)55)51(3,4)5)45-57-48(52)40-38-36-34-32-30-28-19-17-15-13-11-9-7-2/h28,30,46-47H,6-27,29,31-45H2,1-5H3/p+1/b30-28+. The molecule has 0 radical (unpaired) electrons. The van der Waals surface area contributed by atoms with E-state index in [0.29, 0.717) is 19.3 Å². The number of aliphatic carboxylic acids is 1. The van der Waals surface area contributed by atoms with Crippen molar-refractivity contribution in [2.45, 2.75) is 251 Å². The lowest BCUT2D eigenvalue weighted by Crippen LogP contribution is -2.50. The second kappa shape index (κ2) is 41.8. The van der Waals surface area contributed by atoms with Gasteiger partial charge in [-0.15, -0.1) is 0 Å². The van der Waals surface area contributed by atoms with E-state index >= 15 is 0 Å². The lowest BCUT2D eigenvalue weighted by atomic mass is 10.0. The summed E-state index contributed by atoms with van der Waals surface area (Å²) in [4.78, 5) is 37.0. The maximum atomic E-state index is 12.8. The normalized spacial score (nSPS) is 12.9. The molecule has 0 aromatic rings. The Balaban J connectivity index is 4.21. The third kappa shape index (κ3) is 39.5. The molecule has 342 valence electrons. The largest absolute Gasteiger partial charge is 0.477 e. The van der Waals surface area contributed by atoms with Crippen LogP contribution >= 0.6 is 0 Å². The Morgan fingerprint density at radius 2 is 0.862 bits per heavy atom. The van der Waals surface area contributed by atoms with Gasteiger partial charge in [0.2, 0.25) is 0 Å². The van der Waals surface area contributed by atoms with Crippen molar-refractivity contribution >= 4 is 17.9 Å². The summed E-state index contributed by atoms with van der Waals surface area (Å²) in [5.74, 6) is -1.47. The SMILES string of the molecule is CCCCCCCC/C=C/CCCCCC(=O)OCC(COCCC(C(=O)O)[N+](C)(C)C)OC(=O)CCCCCCCCCCCCCCCCCCCCCCC. The lowest BCUT2D eigenvalue weighted by molar-refractivity contribution is -0.887. The Morgan fingerprint density at radius 1 is 0.500 bits per heavy atom. The highest BCUT2D eigenvalue weighted by Crippen LogP contribution is 2.16. The molecule has 0 spiro atoms. The molecule has 2 unspecified atom stereocenters. The number of carbonyl (C=O) groups excluding carboxylic acids is 2. The topological polar surface area (TPSA) is 99.1 Å². The number of nitrogens with zero attached hydrogens (tertiary/aromatic N) is 1. The maximum absolute atomic E-state index is 12.8. The molecule has 8 nitrogen and oxygen atoms in total. The zero-order valence-corrected chi connectivity index (χ0v) is 39.0. The predicted octanol–water partition coefficient (Wildman–Crippen LogP) is 13.9. The van der Waals surface area contributed by atoms with Crippen molar-refractivity contribution < 1.29 is 38.2 Å². The Morgan fingerprint density at radius 3 is 1.26 bits per heavy atom. The van der Waals surface area contributed by atoms with Gasteiger partial charge >= 0.3 is 17.9 Å². The molecule has 0 amide bonds. The zero-order chi connectivity index (χ0) is 42.8. The van der Waals surface area contributed by atoms with Crippen molar-refractivity contribution in [1.29, 1.82) is 0 Å². The van der Waals surface area contributed by atoms with Crippen molar-refractivity contribution in [2.24, 2.45) is 0 Å². The Bertz CT molecular complexity index is 962. The third-order valence-electron chi connectivity index (χ3n) is 11.4. The van der Waals surface area contributed by atoms with Crippen LogP contribution in [0.5, 0.6) is 0 Å². The Kier molecular flexibility index (Phi) is 40.4. The van der Waals surface area contributed by atoms with Crippen LogP contribution in [0.1, 0.15) is 239 Å². The van der Waals surface area contributed by atoms with Gasteiger partial charge in [-0.05, 0) is 38.5 Å². The summed E-state index contributed by atoms with van der Waals surface area (Å²) < 4.78 is 17.3. The Labute approximate surface area is 359 Å². The van der Waals surface area contributed by atoms with Gasteiger partial charge in [-0.3, -0.25) is 9.59 Å². The second-order valence-corrected chi connectivity index (χ2v) is 18.1. The molecule has 0 aliphatic rings. The van der Waals surface area contributed by atoms with Gasteiger partial charge in [-0.25, -0.2) is 4.79 Å². The van der Waals surface area contributed by atoms with Crippen LogP contribution in [0.2, 0.25) is 0 Å². The van der Waals surface area contributed by atoms with E-state index in [2.05, 4.69) is 26.0 Å². The molecule has 0 aromatic heterocycles. The Hall–Kier alpha value is -1.93. The van der Waals surface area contributed by atoms with Crippen molar-refractivity contribution in [3.05, 3.63) is 12.2 Å². The van der Waals surface area contributed by atoms with Gasteiger partial charge in [-0.1, -0.05) is 193 Å². The average Bonchev–Trinajstić information content (AvgIpc) is 3.18. The third-order valence-corrected chi connectivity index (χ3v) is 11.4. The van der Waals surface area contributed by atoms with Gasteiger partial charge in [0, 0.05) is 19.3 Å². The molecule has 0 fully saturated rings. The average molecular weight is 823 g/mol. The maximum Gasteiger partial charge on any atom is 0.362 e. The zero-order valence-electron chi connectivity index (χ0n) is 39.0. The molecule has 0 heterocycles. The first-order chi connectivity index (χ1) is 28.1. The van der Waals surface area contributed by atoms with Crippen molar-refractivity contribution in [3.8, 4) is 0 Å². The van der Waals surface area contributed by atoms with Gasteiger partial charge in [0.05, 0.1) is 34.4 Å². The van der Waals surface area contributed by atoms with Crippen molar-refractivity contribution in [2.75, 3.05) is 41.0 Å². The van der Waals surface area contributed by atoms with Crippen LogP contribution in [-0.2, 0) is 28.6 Å². The number of allylic oxidation sites excluding steroid dienone is 2. The summed E-state index contributed by atoms with van der Waals surface area (Å²) in [6.07, 6.45) is 45.5. The number of hydrogen-bond donors (Lipinski definition) is 1. The predicted molar refractivity (Wildman–Crippen MR) is 243 cm³/mol. The lowest BCUT2D eigenvalue weighted by Gasteiger charge is -2.31. The van der Waals surface area contributed by atoms with E-state index in [1.165, 1.54) is 154 Å². The highest BCUT2D eigenvalue weighted by atomic mass is 16.6. The van der Waals surface area contributed by atoms with Crippen molar-refractivity contribution in [1.82, 2.24) is 0 Å². The van der Waals surface area contributed by atoms with Crippen LogP contribution in [0.4, 0.5) is 0 Å². The number of carboxylic acids is 1. The fourth-order valence-electron chi connectivity index (χ4n) is 7.56. The number of likely N-dealkylation sites (N-methyl/N-ethyl adjacent to an activating group) is 1. The summed E-state index contributed by atoms with van der Waals surface area (Å²) in [5, 5.41) is 9.63. The summed E-state index contributed by atoms with van der Waals surface area (Å²) in [6.45, 7) is 4.75. The summed E-state index contributed by atoms with van der Waals surface area (Å²) in [7, 11) is 5.54. The number of rotatable bonds is 45. The highest BCUT2D eigenvalue weighted by molar-refractivity contribution is 5.72. The molecule has 58 heavy (non-hydrogen) atoms.